The molecule has 4 heteroatoms. The van der Waals surface area contributed by atoms with Crippen LogP contribution in [0.1, 0.15) is 58.4 Å². The maximum absolute atomic E-state index is 13.5. The first-order valence-corrected chi connectivity index (χ1v) is 9.09. The third kappa shape index (κ3) is 4.27. The zero-order chi connectivity index (χ0) is 17.7. The fraction of sp³-hybridized carbons (Fsp3) is 0.700. The summed E-state index contributed by atoms with van der Waals surface area (Å²) in [4.78, 5) is 0. The van der Waals surface area contributed by atoms with E-state index in [2.05, 4.69) is 13.8 Å². The average molecular weight is 340 g/mol. The molecule has 0 heterocycles. The van der Waals surface area contributed by atoms with Gasteiger partial charge in [-0.2, -0.15) is 0 Å². The molecule has 0 spiro atoms. The highest BCUT2D eigenvalue weighted by Crippen LogP contribution is 2.46. The minimum absolute atomic E-state index is 0.113. The van der Waals surface area contributed by atoms with Gasteiger partial charge in [-0.3, -0.25) is 0 Å². The van der Waals surface area contributed by atoms with Crippen LogP contribution in [0.2, 0.25) is 0 Å². The van der Waals surface area contributed by atoms with Crippen LogP contribution in [0.25, 0.3) is 0 Å². The van der Waals surface area contributed by atoms with E-state index in [0.29, 0.717) is 23.8 Å². The maximum atomic E-state index is 13.5. The van der Waals surface area contributed by atoms with Crippen LogP contribution in [0, 0.1) is 17.8 Å². The molecule has 136 valence electrons. The standard InChI is InChI=1S/C20H30F2O2/c1-14(2)13-24-18-11-9-17(10-12-18)20(23,15(3)19(21)22)16-7-5-4-6-8-16/h9-12,14-16,19,23H,4-8,13H2,1-3H3. The van der Waals surface area contributed by atoms with E-state index in [1.165, 1.54) is 6.92 Å². The van der Waals surface area contributed by atoms with E-state index in [1.807, 2.05) is 0 Å². The van der Waals surface area contributed by atoms with Crippen LogP contribution in [-0.2, 0) is 5.60 Å². The Hall–Kier alpha value is -1.16. The van der Waals surface area contributed by atoms with Crippen molar-refractivity contribution in [1.29, 1.82) is 0 Å². The summed E-state index contributed by atoms with van der Waals surface area (Å²) >= 11 is 0. The monoisotopic (exact) mass is 340 g/mol. The van der Waals surface area contributed by atoms with Crippen molar-refractivity contribution in [3.8, 4) is 5.75 Å². The Morgan fingerprint density at radius 2 is 1.67 bits per heavy atom. The number of ether oxygens (including phenoxy) is 1. The highest BCUT2D eigenvalue weighted by Gasteiger charge is 2.46. The van der Waals surface area contributed by atoms with Gasteiger partial charge >= 0.3 is 0 Å². The van der Waals surface area contributed by atoms with E-state index >= 15 is 0 Å². The molecule has 1 aliphatic carbocycles. The second-order valence-electron chi connectivity index (χ2n) is 7.51. The summed E-state index contributed by atoms with van der Waals surface area (Å²) in [5.74, 6) is -0.0773. The first kappa shape index (κ1) is 19.2. The Bertz CT molecular complexity index is 495. The Morgan fingerprint density at radius 1 is 1.08 bits per heavy atom. The topological polar surface area (TPSA) is 29.5 Å². The number of benzene rings is 1. The van der Waals surface area contributed by atoms with Gasteiger partial charge in [0.15, 0.2) is 0 Å². The van der Waals surface area contributed by atoms with Gasteiger partial charge in [0.2, 0.25) is 6.43 Å². The molecule has 1 aliphatic rings. The van der Waals surface area contributed by atoms with Crippen molar-refractivity contribution in [3.05, 3.63) is 29.8 Å². The SMILES string of the molecule is CC(C)COc1ccc(C(O)(C2CCCCC2)C(C)C(F)F)cc1. The summed E-state index contributed by atoms with van der Waals surface area (Å²) in [5, 5.41) is 11.3. The molecular weight excluding hydrogens is 310 g/mol. The van der Waals surface area contributed by atoms with Crippen LogP contribution in [0.4, 0.5) is 8.78 Å². The highest BCUT2D eigenvalue weighted by molar-refractivity contribution is 5.32. The van der Waals surface area contributed by atoms with Crippen molar-refractivity contribution in [2.24, 2.45) is 17.8 Å². The van der Waals surface area contributed by atoms with Crippen LogP contribution in [0.15, 0.2) is 24.3 Å². The van der Waals surface area contributed by atoms with E-state index < -0.39 is 17.9 Å². The molecule has 1 aromatic rings. The highest BCUT2D eigenvalue weighted by atomic mass is 19.3. The smallest absolute Gasteiger partial charge is 0.244 e. The lowest BCUT2D eigenvalue weighted by Gasteiger charge is -2.43. The molecule has 2 atom stereocenters. The summed E-state index contributed by atoms with van der Waals surface area (Å²) in [5.41, 5.74) is -0.898. The number of rotatable bonds is 7. The lowest BCUT2D eigenvalue weighted by Crippen LogP contribution is -2.45. The van der Waals surface area contributed by atoms with Gasteiger partial charge in [-0.1, -0.05) is 52.2 Å². The predicted octanol–water partition coefficient (Wildman–Crippen LogP) is 5.39. The van der Waals surface area contributed by atoms with E-state index in [1.54, 1.807) is 24.3 Å². The number of halogens is 2. The van der Waals surface area contributed by atoms with E-state index in [9.17, 15) is 13.9 Å². The first-order valence-electron chi connectivity index (χ1n) is 9.09. The van der Waals surface area contributed by atoms with Crippen LogP contribution in [-0.4, -0.2) is 18.1 Å². The molecule has 0 bridgehead atoms. The molecular formula is C20H30F2O2. The van der Waals surface area contributed by atoms with Crippen molar-refractivity contribution in [3.63, 3.8) is 0 Å². The van der Waals surface area contributed by atoms with Gasteiger partial charge in [0.1, 0.15) is 11.4 Å². The Labute approximate surface area is 144 Å². The molecule has 24 heavy (non-hydrogen) atoms. The summed E-state index contributed by atoms with van der Waals surface area (Å²) in [6.45, 7) is 6.21. The van der Waals surface area contributed by atoms with Gasteiger partial charge in [0.05, 0.1) is 12.5 Å². The van der Waals surface area contributed by atoms with Crippen LogP contribution in [0.3, 0.4) is 0 Å². The quantitative estimate of drug-likeness (QED) is 0.721. The molecule has 0 amide bonds. The van der Waals surface area contributed by atoms with Crippen molar-refractivity contribution in [2.45, 2.75) is 64.9 Å². The molecule has 2 nitrogen and oxygen atoms in total. The molecule has 1 aromatic carbocycles. The van der Waals surface area contributed by atoms with Crippen molar-refractivity contribution in [2.75, 3.05) is 6.61 Å². The average Bonchev–Trinajstić information content (AvgIpc) is 2.59. The third-order valence-electron chi connectivity index (χ3n) is 5.20. The summed E-state index contributed by atoms with van der Waals surface area (Å²) < 4.78 is 32.6. The second-order valence-corrected chi connectivity index (χ2v) is 7.51. The van der Waals surface area contributed by atoms with Crippen molar-refractivity contribution >= 4 is 0 Å². The molecule has 0 aromatic heterocycles. The maximum Gasteiger partial charge on any atom is 0.244 e. The van der Waals surface area contributed by atoms with Crippen molar-refractivity contribution < 1.29 is 18.6 Å². The number of aliphatic hydroxyl groups is 1. The van der Waals surface area contributed by atoms with E-state index in [0.717, 1.165) is 32.1 Å². The van der Waals surface area contributed by atoms with E-state index in [4.69, 9.17) is 4.74 Å². The zero-order valence-corrected chi connectivity index (χ0v) is 15.0. The largest absolute Gasteiger partial charge is 0.493 e. The van der Waals surface area contributed by atoms with Gasteiger partial charge in [-0.15, -0.1) is 0 Å². The molecule has 1 saturated carbocycles. The number of hydrogen-bond donors (Lipinski definition) is 1. The van der Waals surface area contributed by atoms with E-state index in [-0.39, 0.29) is 5.92 Å². The third-order valence-corrected chi connectivity index (χ3v) is 5.20. The van der Waals surface area contributed by atoms with Gasteiger partial charge in [0.25, 0.3) is 0 Å². The minimum atomic E-state index is -2.55. The zero-order valence-electron chi connectivity index (χ0n) is 15.0. The molecule has 1 N–H and O–H groups in total. The molecule has 0 saturated heterocycles. The fourth-order valence-electron chi connectivity index (χ4n) is 3.69. The van der Waals surface area contributed by atoms with Gasteiger partial charge in [-0.25, -0.2) is 8.78 Å². The Kier molecular flexibility index (Phi) is 6.62. The van der Waals surface area contributed by atoms with Crippen LogP contribution < -0.4 is 4.74 Å². The fourth-order valence-corrected chi connectivity index (χ4v) is 3.69. The summed E-state index contributed by atoms with van der Waals surface area (Å²) in [6, 6.07) is 7.07. The van der Waals surface area contributed by atoms with Gasteiger partial charge in [-0.05, 0) is 42.4 Å². The van der Waals surface area contributed by atoms with Crippen molar-refractivity contribution in [1.82, 2.24) is 0 Å². The minimum Gasteiger partial charge on any atom is -0.493 e. The summed E-state index contributed by atoms with van der Waals surface area (Å²) in [7, 11) is 0. The normalized spacial score (nSPS) is 20.2. The van der Waals surface area contributed by atoms with Gasteiger partial charge in [0, 0.05) is 0 Å². The van der Waals surface area contributed by atoms with Crippen LogP contribution >= 0.6 is 0 Å². The predicted molar refractivity (Wildman–Crippen MR) is 92.4 cm³/mol. The number of hydrogen-bond acceptors (Lipinski definition) is 2. The lowest BCUT2D eigenvalue weighted by atomic mass is 9.67. The molecule has 2 unspecified atom stereocenters. The molecule has 2 rings (SSSR count). The lowest BCUT2D eigenvalue weighted by molar-refractivity contribution is -0.128. The first-order chi connectivity index (χ1) is 11.4. The molecule has 1 fully saturated rings. The Balaban J connectivity index is 2.26. The van der Waals surface area contributed by atoms with Crippen LogP contribution in [0.5, 0.6) is 5.75 Å². The second kappa shape index (κ2) is 8.28. The number of alkyl halides is 2. The summed E-state index contributed by atoms with van der Waals surface area (Å²) in [6.07, 6.45) is 2.18. The molecule has 0 aliphatic heterocycles. The molecule has 0 radical (unpaired) electrons. The Morgan fingerprint density at radius 3 is 2.17 bits per heavy atom. The van der Waals surface area contributed by atoms with Gasteiger partial charge < -0.3 is 9.84 Å².